The number of sulfonamides is 1. The predicted molar refractivity (Wildman–Crippen MR) is 113 cm³/mol. The molecule has 1 N–H and O–H groups in total. The number of hydrogen-bond acceptors (Lipinski definition) is 4. The van der Waals surface area contributed by atoms with Gasteiger partial charge in [-0.3, -0.25) is 4.72 Å². The second-order valence-electron chi connectivity index (χ2n) is 6.73. The zero-order valence-electron chi connectivity index (χ0n) is 15.9. The summed E-state index contributed by atoms with van der Waals surface area (Å²) in [6.45, 7) is 1.99. The van der Waals surface area contributed by atoms with Gasteiger partial charge >= 0.3 is 0 Å². The highest BCUT2D eigenvalue weighted by atomic mass is 32.2. The van der Waals surface area contributed by atoms with Crippen molar-refractivity contribution in [2.24, 2.45) is 0 Å². The zero-order valence-corrected chi connectivity index (χ0v) is 16.7. The first kappa shape index (κ1) is 19.0. The standard InChI is InChI=1S/C23H20N2O3S/c1-17-12-14-19(15-13-17)22-23(25-29(26,27)20-10-6-3-7-11-20)24-21(28-22)16-18-8-4-2-5-9-18/h2-15,25H,16H2,1H3. The largest absolute Gasteiger partial charge is 0.438 e. The summed E-state index contributed by atoms with van der Waals surface area (Å²) in [5.74, 6) is 1.02. The van der Waals surface area contributed by atoms with Crippen LogP contribution in [0.25, 0.3) is 11.3 Å². The van der Waals surface area contributed by atoms with E-state index in [-0.39, 0.29) is 10.7 Å². The maximum absolute atomic E-state index is 12.8. The fourth-order valence-electron chi connectivity index (χ4n) is 2.97. The first-order chi connectivity index (χ1) is 14.0. The van der Waals surface area contributed by atoms with Crippen LogP contribution < -0.4 is 4.72 Å². The summed E-state index contributed by atoms with van der Waals surface area (Å²) < 4.78 is 34.2. The first-order valence-electron chi connectivity index (χ1n) is 9.20. The molecule has 0 fully saturated rings. The molecule has 0 amide bonds. The minimum absolute atomic E-state index is 0.169. The summed E-state index contributed by atoms with van der Waals surface area (Å²) in [7, 11) is -3.78. The molecule has 0 radical (unpaired) electrons. The Kier molecular flexibility index (Phi) is 5.18. The quantitative estimate of drug-likeness (QED) is 0.489. The Morgan fingerprint density at radius 3 is 2.14 bits per heavy atom. The van der Waals surface area contributed by atoms with Gasteiger partial charge in [-0.1, -0.05) is 78.4 Å². The van der Waals surface area contributed by atoms with Crippen molar-refractivity contribution in [3.05, 3.63) is 102 Å². The monoisotopic (exact) mass is 404 g/mol. The molecule has 5 nitrogen and oxygen atoms in total. The van der Waals surface area contributed by atoms with Crippen LogP contribution in [0.5, 0.6) is 0 Å². The fourth-order valence-corrected chi connectivity index (χ4v) is 3.99. The molecule has 0 bridgehead atoms. The maximum atomic E-state index is 12.8. The third-order valence-corrected chi connectivity index (χ3v) is 5.82. The van der Waals surface area contributed by atoms with Gasteiger partial charge in [0.15, 0.2) is 11.6 Å². The van der Waals surface area contributed by atoms with Gasteiger partial charge in [-0.2, -0.15) is 4.98 Å². The van der Waals surface area contributed by atoms with Crippen molar-refractivity contribution in [1.29, 1.82) is 0 Å². The van der Waals surface area contributed by atoms with E-state index < -0.39 is 10.0 Å². The Labute approximate surface area is 170 Å². The first-order valence-corrected chi connectivity index (χ1v) is 10.7. The van der Waals surface area contributed by atoms with Crippen molar-refractivity contribution in [2.45, 2.75) is 18.2 Å². The van der Waals surface area contributed by atoms with Crippen molar-refractivity contribution in [2.75, 3.05) is 4.72 Å². The third-order valence-electron chi connectivity index (χ3n) is 4.47. The summed E-state index contributed by atoms with van der Waals surface area (Å²) in [6.07, 6.45) is 0.465. The molecular weight excluding hydrogens is 384 g/mol. The van der Waals surface area contributed by atoms with Gasteiger partial charge in [0, 0.05) is 12.0 Å². The molecule has 29 heavy (non-hydrogen) atoms. The predicted octanol–water partition coefficient (Wildman–Crippen LogP) is 5.04. The smallest absolute Gasteiger partial charge is 0.263 e. The van der Waals surface area contributed by atoms with E-state index in [1.165, 1.54) is 0 Å². The van der Waals surface area contributed by atoms with Gasteiger partial charge in [0.1, 0.15) is 0 Å². The Balaban J connectivity index is 1.73. The SMILES string of the molecule is Cc1ccc(-c2oc(Cc3ccccc3)nc2NS(=O)(=O)c2ccccc2)cc1. The van der Waals surface area contributed by atoms with Gasteiger partial charge in [-0.25, -0.2) is 8.42 Å². The van der Waals surface area contributed by atoms with Crippen molar-refractivity contribution < 1.29 is 12.8 Å². The second-order valence-corrected chi connectivity index (χ2v) is 8.41. The molecule has 0 atom stereocenters. The van der Waals surface area contributed by atoms with E-state index in [0.717, 1.165) is 16.7 Å². The topological polar surface area (TPSA) is 72.2 Å². The fraction of sp³-hybridized carbons (Fsp3) is 0.0870. The average molecular weight is 404 g/mol. The summed E-state index contributed by atoms with van der Waals surface area (Å²) in [5.41, 5.74) is 2.89. The third kappa shape index (κ3) is 4.38. The van der Waals surface area contributed by atoms with Crippen LogP contribution in [0.3, 0.4) is 0 Å². The Bertz CT molecular complexity index is 1200. The van der Waals surface area contributed by atoms with Gasteiger partial charge in [0.25, 0.3) is 10.0 Å². The summed E-state index contributed by atoms with van der Waals surface area (Å²) in [6, 6.07) is 25.7. The van der Waals surface area contributed by atoms with Gasteiger partial charge in [0.2, 0.25) is 5.89 Å². The van der Waals surface area contributed by atoms with Crippen LogP contribution in [0.2, 0.25) is 0 Å². The van der Waals surface area contributed by atoms with E-state index >= 15 is 0 Å². The molecule has 4 aromatic rings. The number of aromatic nitrogens is 1. The van der Waals surface area contributed by atoms with Crippen LogP contribution in [0.4, 0.5) is 5.82 Å². The molecule has 0 aliphatic heterocycles. The Morgan fingerprint density at radius 2 is 1.48 bits per heavy atom. The van der Waals surface area contributed by atoms with E-state index in [1.54, 1.807) is 30.3 Å². The number of aryl methyl sites for hydroxylation is 1. The highest BCUT2D eigenvalue weighted by molar-refractivity contribution is 7.92. The van der Waals surface area contributed by atoms with Crippen molar-refractivity contribution >= 4 is 15.8 Å². The van der Waals surface area contributed by atoms with Crippen molar-refractivity contribution in [1.82, 2.24) is 4.98 Å². The van der Waals surface area contributed by atoms with Crippen molar-refractivity contribution in [3.8, 4) is 11.3 Å². The zero-order chi connectivity index (χ0) is 20.3. The molecule has 1 aromatic heterocycles. The minimum Gasteiger partial charge on any atom is -0.438 e. The second kappa shape index (κ2) is 7.93. The minimum atomic E-state index is -3.78. The Hall–Kier alpha value is -3.38. The lowest BCUT2D eigenvalue weighted by molar-refractivity contribution is 0.519. The molecule has 0 aliphatic carbocycles. The number of benzene rings is 3. The molecule has 0 aliphatic rings. The Morgan fingerprint density at radius 1 is 0.862 bits per heavy atom. The molecule has 6 heteroatoms. The number of oxazole rings is 1. The molecule has 3 aromatic carbocycles. The lowest BCUT2D eigenvalue weighted by atomic mass is 10.1. The number of hydrogen-bond donors (Lipinski definition) is 1. The van der Waals surface area contributed by atoms with Gasteiger partial charge in [0.05, 0.1) is 4.90 Å². The van der Waals surface area contributed by atoms with Gasteiger partial charge < -0.3 is 4.42 Å². The van der Waals surface area contributed by atoms with Crippen molar-refractivity contribution in [3.63, 3.8) is 0 Å². The molecule has 0 saturated heterocycles. The molecule has 0 spiro atoms. The van der Waals surface area contributed by atoms with Gasteiger partial charge in [-0.15, -0.1) is 0 Å². The van der Waals surface area contributed by atoms with E-state index in [0.29, 0.717) is 18.1 Å². The van der Waals surface area contributed by atoms with E-state index in [4.69, 9.17) is 4.42 Å². The van der Waals surface area contributed by atoms with E-state index in [2.05, 4.69) is 9.71 Å². The summed E-state index contributed by atoms with van der Waals surface area (Å²) in [5, 5.41) is 0. The molecule has 1 heterocycles. The highest BCUT2D eigenvalue weighted by Crippen LogP contribution is 2.31. The summed E-state index contributed by atoms with van der Waals surface area (Å²) in [4.78, 5) is 4.63. The van der Waals surface area contributed by atoms with Crippen LogP contribution in [-0.4, -0.2) is 13.4 Å². The molecule has 0 unspecified atom stereocenters. The molecule has 4 rings (SSSR count). The molecular formula is C23H20N2O3S. The number of nitrogens with zero attached hydrogens (tertiary/aromatic N) is 1. The van der Waals surface area contributed by atoms with Crippen LogP contribution >= 0.6 is 0 Å². The average Bonchev–Trinajstić information content (AvgIpc) is 3.11. The highest BCUT2D eigenvalue weighted by Gasteiger charge is 2.22. The number of rotatable bonds is 6. The van der Waals surface area contributed by atoms with Gasteiger partial charge in [-0.05, 0) is 24.6 Å². The maximum Gasteiger partial charge on any atom is 0.263 e. The van der Waals surface area contributed by atoms with Crippen LogP contribution in [0.15, 0.2) is 94.2 Å². The van der Waals surface area contributed by atoms with Crippen LogP contribution in [0.1, 0.15) is 17.0 Å². The van der Waals surface area contributed by atoms with E-state index in [9.17, 15) is 8.42 Å². The lowest BCUT2D eigenvalue weighted by Gasteiger charge is -2.07. The van der Waals surface area contributed by atoms with Crippen LogP contribution in [0, 0.1) is 6.92 Å². The normalized spacial score (nSPS) is 11.3. The van der Waals surface area contributed by atoms with Crippen LogP contribution in [-0.2, 0) is 16.4 Å². The number of nitrogens with one attached hydrogen (secondary N) is 1. The number of anilines is 1. The molecule has 0 saturated carbocycles. The lowest BCUT2D eigenvalue weighted by Crippen LogP contribution is -2.13. The molecule has 146 valence electrons. The van der Waals surface area contributed by atoms with E-state index in [1.807, 2.05) is 61.5 Å². The summed E-state index contributed by atoms with van der Waals surface area (Å²) >= 11 is 0.